The SMILES string of the molecule is CCCCC(C)NC(=O)COc1ccccc1N. The molecule has 0 aromatic heterocycles. The zero-order chi connectivity index (χ0) is 13.4. The van der Waals surface area contributed by atoms with Crippen molar-refractivity contribution >= 4 is 11.6 Å². The van der Waals surface area contributed by atoms with E-state index in [0.717, 1.165) is 19.3 Å². The Bertz CT molecular complexity index is 380. The maximum Gasteiger partial charge on any atom is 0.258 e. The van der Waals surface area contributed by atoms with Crippen LogP contribution >= 0.6 is 0 Å². The monoisotopic (exact) mass is 250 g/mol. The molecule has 0 bridgehead atoms. The van der Waals surface area contributed by atoms with Crippen molar-refractivity contribution in [2.24, 2.45) is 0 Å². The van der Waals surface area contributed by atoms with Crippen LogP contribution in [0.2, 0.25) is 0 Å². The first kappa shape index (κ1) is 14.4. The van der Waals surface area contributed by atoms with Gasteiger partial charge in [-0.05, 0) is 25.5 Å². The van der Waals surface area contributed by atoms with E-state index in [0.29, 0.717) is 11.4 Å². The molecule has 0 radical (unpaired) electrons. The Kier molecular flexibility index (Phi) is 6.05. The van der Waals surface area contributed by atoms with Gasteiger partial charge in [-0.3, -0.25) is 4.79 Å². The molecule has 1 aromatic rings. The van der Waals surface area contributed by atoms with Gasteiger partial charge in [-0.25, -0.2) is 0 Å². The van der Waals surface area contributed by atoms with E-state index < -0.39 is 0 Å². The molecule has 1 rings (SSSR count). The zero-order valence-corrected chi connectivity index (χ0v) is 11.1. The van der Waals surface area contributed by atoms with Crippen LogP contribution in [0.4, 0.5) is 5.69 Å². The number of benzene rings is 1. The standard InChI is InChI=1S/C14H22N2O2/c1-3-4-7-11(2)16-14(17)10-18-13-9-6-5-8-12(13)15/h5-6,8-9,11H,3-4,7,10,15H2,1-2H3,(H,16,17). The number of nitrogens with one attached hydrogen (secondary N) is 1. The predicted octanol–water partition coefficient (Wildman–Crippen LogP) is 2.34. The molecule has 1 amide bonds. The number of para-hydroxylation sites is 2. The number of carbonyl (C=O) groups excluding carboxylic acids is 1. The number of carbonyl (C=O) groups is 1. The summed E-state index contributed by atoms with van der Waals surface area (Å²) in [4.78, 5) is 11.6. The van der Waals surface area contributed by atoms with Crippen molar-refractivity contribution in [2.75, 3.05) is 12.3 Å². The van der Waals surface area contributed by atoms with Gasteiger partial charge in [0.1, 0.15) is 5.75 Å². The summed E-state index contributed by atoms with van der Waals surface area (Å²) in [6.45, 7) is 4.14. The van der Waals surface area contributed by atoms with Gasteiger partial charge in [-0.1, -0.05) is 31.9 Å². The molecule has 100 valence electrons. The number of hydrogen-bond acceptors (Lipinski definition) is 3. The lowest BCUT2D eigenvalue weighted by molar-refractivity contribution is -0.123. The molecule has 0 fully saturated rings. The van der Waals surface area contributed by atoms with Crippen molar-refractivity contribution in [1.82, 2.24) is 5.32 Å². The van der Waals surface area contributed by atoms with Gasteiger partial charge in [-0.15, -0.1) is 0 Å². The first-order valence-corrected chi connectivity index (χ1v) is 6.40. The molecule has 4 nitrogen and oxygen atoms in total. The van der Waals surface area contributed by atoms with Crippen LogP contribution in [0.5, 0.6) is 5.75 Å². The number of ether oxygens (including phenoxy) is 1. The zero-order valence-electron chi connectivity index (χ0n) is 11.1. The molecule has 0 aliphatic rings. The fraction of sp³-hybridized carbons (Fsp3) is 0.500. The minimum atomic E-state index is -0.109. The third kappa shape index (κ3) is 5.08. The molecule has 18 heavy (non-hydrogen) atoms. The summed E-state index contributed by atoms with van der Waals surface area (Å²) in [5.74, 6) is 0.440. The van der Waals surface area contributed by atoms with Crippen LogP contribution < -0.4 is 15.8 Å². The Morgan fingerprint density at radius 3 is 2.83 bits per heavy atom. The number of amides is 1. The van der Waals surface area contributed by atoms with E-state index in [-0.39, 0.29) is 18.6 Å². The van der Waals surface area contributed by atoms with E-state index >= 15 is 0 Å². The van der Waals surface area contributed by atoms with Crippen molar-refractivity contribution in [1.29, 1.82) is 0 Å². The highest BCUT2D eigenvalue weighted by Crippen LogP contribution is 2.19. The van der Waals surface area contributed by atoms with Crippen molar-refractivity contribution in [3.8, 4) is 5.75 Å². The first-order chi connectivity index (χ1) is 8.63. The minimum Gasteiger partial charge on any atom is -0.482 e. The number of nitrogen functional groups attached to an aromatic ring is 1. The third-order valence-corrected chi connectivity index (χ3v) is 2.68. The fourth-order valence-electron chi connectivity index (χ4n) is 1.65. The largest absolute Gasteiger partial charge is 0.482 e. The molecule has 1 aromatic carbocycles. The van der Waals surface area contributed by atoms with Crippen molar-refractivity contribution in [3.05, 3.63) is 24.3 Å². The summed E-state index contributed by atoms with van der Waals surface area (Å²) in [5.41, 5.74) is 6.26. The highest BCUT2D eigenvalue weighted by atomic mass is 16.5. The molecule has 0 heterocycles. The Hall–Kier alpha value is -1.71. The molecular weight excluding hydrogens is 228 g/mol. The van der Waals surface area contributed by atoms with E-state index in [1.54, 1.807) is 12.1 Å². The Labute approximate surface area is 109 Å². The molecule has 3 N–H and O–H groups in total. The van der Waals surface area contributed by atoms with Crippen LogP contribution in [0.15, 0.2) is 24.3 Å². The summed E-state index contributed by atoms with van der Waals surface area (Å²) in [6.07, 6.45) is 3.25. The summed E-state index contributed by atoms with van der Waals surface area (Å²) in [7, 11) is 0. The number of anilines is 1. The molecule has 1 unspecified atom stereocenters. The van der Waals surface area contributed by atoms with Crippen LogP contribution in [0.3, 0.4) is 0 Å². The van der Waals surface area contributed by atoms with Crippen LogP contribution in [-0.2, 0) is 4.79 Å². The van der Waals surface area contributed by atoms with Crippen molar-refractivity contribution in [2.45, 2.75) is 39.2 Å². The molecule has 1 atom stereocenters. The van der Waals surface area contributed by atoms with E-state index in [2.05, 4.69) is 12.2 Å². The van der Waals surface area contributed by atoms with Crippen LogP contribution in [-0.4, -0.2) is 18.6 Å². The number of unbranched alkanes of at least 4 members (excludes halogenated alkanes) is 1. The first-order valence-electron chi connectivity index (χ1n) is 6.40. The molecule has 0 saturated carbocycles. The topological polar surface area (TPSA) is 64.3 Å². The van der Waals surface area contributed by atoms with Gasteiger partial charge in [0.25, 0.3) is 5.91 Å². The van der Waals surface area contributed by atoms with Crippen LogP contribution in [0, 0.1) is 0 Å². The number of rotatable bonds is 7. The van der Waals surface area contributed by atoms with Crippen LogP contribution in [0.1, 0.15) is 33.1 Å². The van der Waals surface area contributed by atoms with Gasteiger partial charge in [0, 0.05) is 6.04 Å². The van der Waals surface area contributed by atoms with Gasteiger partial charge in [0.2, 0.25) is 0 Å². The van der Waals surface area contributed by atoms with Crippen molar-refractivity contribution < 1.29 is 9.53 Å². The number of hydrogen-bond donors (Lipinski definition) is 2. The van der Waals surface area contributed by atoms with Gasteiger partial charge < -0.3 is 15.8 Å². The Balaban J connectivity index is 2.31. The second-order valence-corrected chi connectivity index (χ2v) is 4.44. The highest BCUT2D eigenvalue weighted by molar-refractivity contribution is 5.78. The van der Waals surface area contributed by atoms with E-state index in [9.17, 15) is 4.79 Å². The van der Waals surface area contributed by atoms with E-state index in [1.165, 1.54) is 0 Å². The predicted molar refractivity (Wildman–Crippen MR) is 73.5 cm³/mol. The normalized spacial score (nSPS) is 11.9. The lowest BCUT2D eigenvalue weighted by Gasteiger charge is -2.14. The van der Waals surface area contributed by atoms with Gasteiger partial charge in [0.15, 0.2) is 6.61 Å². The van der Waals surface area contributed by atoms with Crippen LogP contribution in [0.25, 0.3) is 0 Å². The Morgan fingerprint density at radius 1 is 1.44 bits per heavy atom. The maximum absolute atomic E-state index is 11.6. The highest BCUT2D eigenvalue weighted by Gasteiger charge is 2.08. The average Bonchev–Trinajstić information content (AvgIpc) is 2.35. The molecule has 4 heteroatoms. The maximum atomic E-state index is 11.6. The van der Waals surface area contributed by atoms with Crippen molar-refractivity contribution in [3.63, 3.8) is 0 Å². The summed E-state index contributed by atoms with van der Waals surface area (Å²) in [5, 5.41) is 2.90. The molecular formula is C14H22N2O2. The second-order valence-electron chi connectivity index (χ2n) is 4.44. The van der Waals surface area contributed by atoms with Gasteiger partial charge in [0.05, 0.1) is 5.69 Å². The molecule has 0 aliphatic carbocycles. The Morgan fingerprint density at radius 2 is 2.17 bits per heavy atom. The van der Waals surface area contributed by atoms with E-state index in [4.69, 9.17) is 10.5 Å². The quantitative estimate of drug-likeness (QED) is 0.730. The van der Waals surface area contributed by atoms with E-state index in [1.807, 2.05) is 19.1 Å². The van der Waals surface area contributed by atoms with Gasteiger partial charge in [-0.2, -0.15) is 0 Å². The average molecular weight is 250 g/mol. The smallest absolute Gasteiger partial charge is 0.258 e. The second kappa shape index (κ2) is 7.58. The molecule has 0 saturated heterocycles. The lowest BCUT2D eigenvalue weighted by Crippen LogP contribution is -2.36. The molecule has 0 aliphatic heterocycles. The summed E-state index contributed by atoms with van der Waals surface area (Å²) in [6, 6.07) is 7.34. The minimum absolute atomic E-state index is 0.00464. The number of nitrogens with two attached hydrogens (primary N) is 1. The summed E-state index contributed by atoms with van der Waals surface area (Å²) >= 11 is 0. The fourth-order valence-corrected chi connectivity index (χ4v) is 1.65. The lowest BCUT2D eigenvalue weighted by atomic mass is 10.1. The summed E-state index contributed by atoms with van der Waals surface area (Å²) < 4.78 is 5.37. The third-order valence-electron chi connectivity index (χ3n) is 2.68. The molecule has 0 spiro atoms. The van der Waals surface area contributed by atoms with Gasteiger partial charge >= 0.3 is 0 Å².